The molecule has 1 fully saturated rings. The van der Waals surface area contributed by atoms with Crippen molar-refractivity contribution in [2.75, 3.05) is 30.3 Å². The van der Waals surface area contributed by atoms with E-state index in [1.165, 1.54) is 18.0 Å². The normalized spacial score (nSPS) is 18.0. The summed E-state index contributed by atoms with van der Waals surface area (Å²) in [5, 5.41) is 1.15. The predicted molar refractivity (Wildman–Crippen MR) is 88.8 cm³/mol. The highest BCUT2D eigenvalue weighted by Gasteiger charge is 2.23. The van der Waals surface area contributed by atoms with Crippen molar-refractivity contribution >= 4 is 22.4 Å². The Labute approximate surface area is 129 Å². The second kappa shape index (κ2) is 6.45. The zero-order valence-electron chi connectivity index (χ0n) is 12.3. The van der Waals surface area contributed by atoms with Crippen LogP contribution in [0, 0.1) is 0 Å². The van der Waals surface area contributed by atoms with Gasteiger partial charge in [-0.1, -0.05) is 30.3 Å². The maximum absolute atomic E-state index is 6.12. The maximum atomic E-state index is 6.12. The molecule has 1 aromatic heterocycles. The molecule has 1 aromatic carbocycles. The smallest absolute Gasteiger partial charge is 0.147 e. The number of aromatic nitrogens is 1. The van der Waals surface area contributed by atoms with Crippen LogP contribution in [0.1, 0.15) is 19.8 Å². The van der Waals surface area contributed by atoms with Gasteiger partial charge in [-0.2, -0.15) is 4.37 Å². The molecule has 1 saturated heterocycles. The predicted octanol–water partition coefficient (Wildman–Crippen LogP) is 3.40. The van der Waals surface area contributed by atoms with E-state index in [1.807, 2.05) is 18.2 Å². The summed E-state index contributed by atoms with van der Waals surface area (Å²) in [7, 11) is 0. The fraction of sp³-hybridized carbons (Fsp3) is 0.438. The topological polar surface area (TPSA) is 51.4 Å². The summed E-state index contributed by atoms with van der Waals surface area (Å²) >= 11 is 1.48. The second-order valence-electron chi connectivity index (χ2n) is 5.29. The number of hydrogen-bond donors (Lipinski definition) is 1. The van der Waals surface area contributed by atoms with Gasteiger partial charge in [-0.25, -0.2) is 0 Å². The van der Waals surface area contributed by atoms with Gasteiger partial charge < -0.3 is 15.4 Å². The third-order valence-electron chi connectivity index (χ3n) is 3.88. The van der Waals surface area contributed by atoms with Gasteiger partial charge in [-0.15, -0.1) is 0 Å². The molecule has 0 spiro atoms. The molecule has 1 unspecified atom stereocenters. The lowest BCUT2D eigenvalue weighted by atomic mass is 10.1. The Balaban J connectivity index is 1.90. The van der Waals surface area contributed by atoms with Crippen LogP contribution in [0.5, 0.6) is 0 Å². The van der Waals surface area contributed by atoms with E-state index in [0.717, 1.165) is 42.2 Å². The first kappa shape index (κ1) is 14.4. The van der Waals surface area contributed by atoms with Crippen molar-refractivity contribution in [3.63, 3.8) is 0 Å². The van der Waals surface area contributed by atoms with Crippen LogP contribution in [0.25, 0.3) is 11.1 Å². The van der Waals surface area contributed by atoms with E-state index in [2.05, 4.69) is 28.3 Å². The first-order valence-electron chi connectivity index (χ1n) is 7.46. The summed E-state index contributed by atoms with van der Waals surface area (Å²) in [6, 6.07) is 10.3. The zero-order chi connectivity index (χ0) is 14.7. The molecular formula is C16H21N3OS. The number of rotatable bonds is 5. The maximum Gasteiger partial charge on any atom is 0.147 e. The van der Waals surface area contributed by atoms with Crippen molar-refractivity contribution < 1.29 is 4.74 Å². The Morgan fingerprint density at radius 2 is 2.19 bits per heavy atom. The standard InChI is InChI=1S/C16H21N3OS/c1-2-19(11-13-9-6-10-20-13)16-14(15(17)18-21-16)12-7-4-3-5-8-12/h3-5,7-8,13H,2,6,9-11H2,1H3,(H2,17,18). The fourth-order valence-corrected chi connectivity index (χ4v) is 3.68. The lowest BCUT2D eigenvalue weighted by molar-refractivity contribution is 0.116. The van der Waals surface area contributed by atoms with Crippen LogP contribution in [0.2, 0.25) is 0 Å². The van der Waals surface area contributed by atoms with Gasteiger partial charge in [-0.05, 0) is 36.9 Å². The molecule has 2 heterocycles. The molecule has 3 rings (SSSR count). The monoisotopic (exact) mass is 303 g/mol. The summed E-state index contributed by atoms with van der Waals surface area (Å²) in [4.78, 5) is 2.34. The van der Waals surface area contributed by atoms with E-state index in [0.29, 0.717) is 11.9 Å². The SMILES string of the molecule is CCN(CC1CCCO1)c1snc(N)c1-c1ccccc1. The van der Waals surface area contributed by atoms with Crippen LogP contribution in [0.4, 0.5) is 10.8 Å². The molecule has 0 amide bonds. The summed E-state index contributed by atoms with van der Waals surface area (Å²) in [5.74, 6) is 0.618. The van der Waals surface area contributed by atoms with Crippen molar-refractivity contribution in [1.82, 2.24) is 4.37 Å². The minimum Gasteiger partial charge on any atom is -0.382 e. The first-order valence-corrected chi connectivity index (χ1v) is 8.24. The van der Waals surface area contributed by atoms with E-state index in [-0.39, 0.29) is 0 Å². The molecular weight excluding hydrogens is 282 g/mol. The molecule has 0 aliphatic carbocycles. The van der Waals surface area contributed by atoms with Crippen LogP contribution in [0.15, 0.2) is 30.3 Å². The van der Waals surface area contributed by atoms with Gasteiger partial charge in [0.05, 0.1) is 11.7 Å². The number of ether oxygens (including phenoxy) is 1. The van der Waals surface area contributed by atoms with Crippen LogP contribution >= 0.6 is 11.5 Å². The summed E-state index contributed by atoms with van der Waals surface area (Å²) < 4.78 is 10.1. The summed E-state index contributed by atoms with van der Waals surface area (Å²) in [5.41, 5.74) is 8.30. The number of likely N-dealkylation sites (N-methyl/N-ethyl adjacent to an activating group) is 1. The van der Waals surface area contributed by atoms with Crippen LogP contribution in [0.3, 0.4) is 0 Å². The number of nitrogens with zero attached hydrogens (tertiary/aromatic N) is 2. The molecule has 21 heavy (non-hydrogen) atoms. The first-order chi connectivity index (χ1) is 10.3. The van der Waals surface area contributed by atoms with Crippen LogP contribution in [-0.4, -0.2) is 30.2 Å². The van der Waals surface area contributed by atoms with Gasteiger partial charge in [0.2, 0.25) is 0 Å². The Morgan fingerprint density at radius 1 is 1.38 bits per heavy atom. The molecule has 112 valence electrons. The quantitative estimate of drug-likeness (QED) is 0.920. The lowest BCUT2D eigenvalue weighted by Gasteiger charge is -2.25. The van der Waals surface area contributed by atoms with Gasteiger partial charge in [0.15, 0.2) is 0 Å². The third kappa shape index (κ3) is 3.04. The number of nitrogens with two attached hydrogens (primary N) is 1. The average Bonchev–Trinajstić information content (AvgIpc) is 3.15. The Bertz CT molecular complexity index is 578. The zero-order valence-corrected chi connectivity index (χ0v) is 13.1. The molecule has 1 atom stereocenters. The minimum atomic E-state index is 0.330. The molecule has 1 aliphatic heterocycles. The van der Waals surface area contributed by atoms with Crippen molar-refractivity contribution in [1.29, 1.82) is 0 Å². The highest BCUT2D eigenvalue weighted by molar-refractivity contribution is 7.11. The van der Waals surface area contributed by atoms with Gasteiger partial charge >= 0.3 is 0 Å². The Morgan fingerprint density at radius 3 is 2.86 bits per heavy atom. The second-order valence-corrected chi connectivity index (χ2v) is 6.04. The molecule has 0 radical (unpaired) electrons. The van der Waals surface area contributed by atoms with Crippen LogP contribution in [-0.2, 0) is 4.74 Å². The molecule has 0 bridgehead atoms. The molecule has 5 heteroatoms. The van der Waals surface area contributed by atoms with E-state index in [1.54, 1.807) is 0 Å². The number of nitrogen functional groups attached to an aromatic ring is 1. The van der Waals surface area contributed by atoms with Crippen molar-refractivity contribution in [2.45, 2.75) is 25.9 Å². The molecule has 1 aliphatic rings. The average molecular weight is 303 g/mol. The summed E-state index contributed by atoms with van der Waals surface area (Å²) in [6.07, 6.45) is 2.64. The fourth-order valence-electron chi connectivity index (χ4n) is 2.78. The van der Waals surface area contributed by atoms with Crippen LogP contribution < -0.4 is 10.6 Å². The van der Waals surface area contributed by atoms with Crippen molar-refractivity contribution in [3.8, 4) is 11.1 Å². The van der Waals surface area contributed by atoms with E-state index >= 15 is 0 Å². The van der Waals surface area contributed by atoms with Gasteiger partial charge in [0.1, 0.15) is 10.8 Å². The van der Waals surface area contributed by atoms with E-state index in [4.69, 9.17) is 10.5 Å². The highest BCUT2D eigenvalue weighted by atomic mass is 32.1. The Kier molecular flexibility index (Phi) is 4.41. The minimum absolute atomic E-state index is 0.330. The van der Waals surface area contributed by atoms with Gasteiger partial charge in [-0.3, -0.25) is 0 Å². The Hall–Kier alpha value is -1.59. The van der Waals surface area contributed by atoms with E-state index in [9.17, 15) is 0 Å². The summed E-state index contributed by atoms with van der Waals surface area (Å²) in [6.45, 7) is 4.90. The highest BCUT2D eigenvalue weighted by Crippen LogP contribution is 2.39. The lowest BCUT2D eigenvalue weighted by Crippen LogP contribution is -2.31. The molecule has 0 saturated carbocycles. The number of hydrogen-bond acceptors (Lipinski definition) is 5. The van der Waals surface area contributed by atoms with Gasteiger partial charge in [0, 0.05) is 19.7 Å². The number of benzene rings is 1. The molecule has 2 N–H and O–H groups in total. The van der Waals surface area contributed by atoms with Gasteiger partial charge in [0.25, 0.3) is 0 Å². The van der Waals surface area contributed by atoms with E-state index < -0.39 is 0 Å². The van der Waals surface area contributed by atoms with Crippen molar-refractivity contribution in [3.05, 3.63) is 30.3 Å². The number of anilines is 2. The van der Waals surface area contributed by atoms with Crippen molar-refractivity contribution in [2.24, 2.45) is 0 Å². The molecule has 4 nitrogen and oxygen atoms in total. The molecule has 2 aromatic rings. The third-order valence-corrected chi connectivity index (χ3v) is 4.80. The largest absolute Gasteiger partial charge is 0.382 e.